The molecule has 4 rings (SSSR count). The summed E-state index contributed by atoms with van der Waals surface area (Å²) in [5.74, 6) is 0.326. The normalized spacial score (nSPS) is 29.2. The highest BCUT2D eigenvalue weighted by molar-refractivity contribution is 14.0. The van der Waals surface area contributed by atoms with E-state index in [9.17, 15) is 8.78 Å². The average molecular weight is 463 g/mol. The monoisotopic (exact) mass is 463 g/mol. The van der Waals surface area contributed by atoms with Crippen molar-refractivity contribution >= 4 is 29.9 Å². The summed E-state index contributed by atoms with van der Waals surface area (Å²) >= 11 is 0. The predicted octanol–water partition coefficient (Wildman–Crippen LogP) is 3.21. The summed E-state index contributed by atoms with van der Waals surface area (Å²) in [6.07, 6.45) is 5.12. The van der Waals surface area contributed by atoms with Crippen molar-refractivity contribution in [1.82, 2.24) is 10.6 Å². The molecule has 7 heteroatoms. The number of nitrogens with zero attached hydrogens (tertiary/aromatic N) is 1. The summed E-state index contributed by atoms with van der Waals surface area (Å²) in [5, 5.41) is 6.62. The van der Waals surface area contributed by atoms with Gasteiger partial charge in [-0.3, -0.25) is 4.99 Å². The van der Waals surface area contributed by atoms with Crippen LogP contribution < -0.4 is 10.6 Å². The molecule has 1 spiro atoms. The zero-order chi connectivity index (χ0) is 16.7. The highest BCUT2D eigenvalue weighted by atomic mass is 127. The first-order valence-electron chi connectivity index (χ1n) is 8.67. The summed E-state index contributed by atoms with van der Waals surface area (Å²) in [7, 11) is 1.70. The lowest BCUT2D eigenvalue weighted by Gasteiger charge is -2.63. The van der Waals surface area contributed by atoms with E-state index in [0.717, 1.165) is 25.2 Å². The Bertz CT molecular complexity index is 666. The minimum Gasteiger partial charge on any atom is -0.377 e. The first kappa shape index (κ1) is 18.8. The summed E-state index contributed by atoms with van der Waals surface area (Å²) in [5.41, 5.74) is 0.551. The number of hydrogen-bond acceptors (Lipinski definition) is 2. The van der Waals surface area contributed by atoms with Gasteiger partial charge in [0.05, 0.1) is 6.10 Å². The molecule has 1 heterocycles. The van der Waals surface area contributed by atoms with Gasteiger partial charge in [-0.25, -0.2) is 8.78 Å². The molecule has 0 bridgehead atoms. The third-order valence-electron chi connectivity index (χ3n) is 6.01. The molecule has 0 aromatic heterocycles. The molecule has 1 aliphatic heterocycles. The molecule has 3 aliphatic rings. The van der Waals surface area contributed by atoms with Crippen molar-refractivity contribution < 1.29 is 13.5 Å². The SMILES string of the molecule is CN=C(NCc1cc(F)ccc1F)NC1C2CCOC2C12CCC2.I. The van der Waals surface area contributed by atoms with Gasteiger partial charge in [-0.2, -0.15) is 0 Å². The fourth-order valence-corrected chi connectivity index (χ4v) is 4.66. The fraction of sp³-hybridized carbons (Fsp3) is 0.611. The maximum absolute atomic E-state index is 13.7. The van der Waals surface area contributed by atoms with Gasteiger partial charge in [0, 0.05) is 43.1 Å². The smallest absolute Gasteiger partial charge is 0.191 e. The molecule has 0 radical (unpaired) electrons. The Balaban J connectivity index is 0.00000182. The van der Waals surface area contributed by atoms with Gasteiger partial charge in [0.15, 0.2) is 5.96 Å². The first-order chi connectivity index (χ1) is 11.6. The molecule has 3 fully saturated rings. The van der Waals surface area contributed by atoms with Crippen LogP contribution in [0.15, 0.2) is 23.2 Å². The molecule has 2 aliphatic carbocycles. The zero-order valence-electron chi connectivity index (χ0n) is 14.2. The van der Waals surface area contributed by atoms with Gasteiger partial charge in [-0.05, 0) is 37.5 Å². The van der Waals surface area contributed by atoms with Gasteiger partial charge in [0.2, 0.25) is 0 Å². The molecule has 3 unspecified atom stereocenters. The molecule has 138 valence electrons. The molecule has 1 saturated heterocycles. The summed E-state index contributed by atoms with van der Waals surface area (Å²) < 4.78 is 32.9. The van der Waals surface area contributed by atoms with E-state index in [0.29, 0.717) is 29.6 Å². The Hall–Kier alpha value is -0.960. The first-order valence-corrected chi connectivity index (χ1v) is 8.67. The van der Waals surface area contributed by atoms with Gasteiger partial charge >= 0.3 is 0 Å². The van der Waals surface area contributed by atoms with E-state index in [4.69, 9.17) is 4.74 Å². The fourth-order valence-electron chi connectivity index (χ4n) is 4.66. The third-order valence-corrected chi connectivity index (χ3v) is 6.01. The molecule has 3 atom stereocenters. The van der Waals surface area contributed by atoms with Crippen LogP contribution in [0, 0.1) is 23.0 Å². The van der Waals surface area contributed by atoms with E-state index < -0.39 is 11.6 Å². The Morgan fingerprint density at radius 2 is 2.16 bits per heavy atom. The maximum Gasteiger partial charge on any atom is 0.191 e. The molecule has 1 aromatic carbocycles. The van der Waals surface area contributed by atoms with E-state index >= 15 is 0 Å². The number of halogens is 3. The molecule has 4 nitrogen and oxygen atoms in total. The maximum atomic E-state index is 13.7. The largest absolute Gasteiger partial charge is 0.377 e. The van der Waals surface area contributed by atoms with Crippen LogP contribution in [0.25, 0.3) is 0 Å². The highest BCUT2D eigenvalue weighted by Gasteiger charge is 2.66. The summed E-state index contributed by atoms with van der Waals surface area (Å²) in [6.45, 7) is 1.05. The van der Waals surface area contributed by atoms with Gasteiger partial charge in [0.1, 0.15) is 11.6 Å². The van der Waals surface area contributed by atoms with Gasteiger partial charge < -0.3 is 15.4 Å². The van der Waals surface area contributed by atoms with Crippen LogP contribution in [0.2, 0.25) is 0 Å². The van der Waals surface area contributed by atoms with Crippen LogP contribution in [0.5, 0.6) is 0 Å². The lowest BCUT2D eigenvalue weighted by molar-refractivity contribution is -0.171. The second kappa shape index (κ2) is 7.34. The number of rotatable bonds is 3. The molecule has 2 N–H and O–H groups in total. The predicted molar refractivity (Wildman–Crippen MR) is 103 cm³/mol. The van der Waals surface area contributed by atoms with Crippen LogP contribution in [0.4, 0.5) is 8.78 Å². The van der Waals surface area contributed by atoms with Crippen molar-refractivity contribution in [1.29, 1.82) is 0 Å². The van der Waals surface area contributed by atoms with E-state index in [1.54, 1.807) is 7.05 Å². The number of benzene rings is 1. The molecule has 0 amide bonds. The minimum atomic E-state index is -0.436. The molecule has 2 saturated carbocycles. The second-order valence-electron chi connectivity index (χ2n) is 7.11. The number of ether oxygens (including phenoxy) is 1. The number of aliphatic imine (C=N–C) groups is 1. The molecular formula is C18H24F2IN3O. The zero-order valence-corrected chi connectivity index (χ0v) is 16.6. The van der Waals surface area contributed by atoms with Gasteiger partial charge in [-0.1, -0.05) is 6.42 Å². The molecule has 1 aromatic rings. The van der Waals surface area contributed by atoms with E-state index in [1.165, 1.54) is 25.3 Å². The molecular weight excluding hydrogens is 439 g/mol. The second-order valence-corrected chi connectivity index (χ2v) is 7.11. The quantitative estimate of drug-likeness (QED) is 0.411. The van der Waals surface area contributed by atoms with Crippen molar-refractivity contribution in [2.45, 2.75) is 44.4 Å². The van der Waals surface area contributed by atoms with Crippen LogP contribution in [-0.4, -0.2) is 31.8 Å². The van der Waals surface area contributed by atoms with Crippen LogP contribution >= 0.6 is 24.0 Å². The Morgan fingerprint density at radius 3 is 2.84 bits per heavy atom. The number of nitrogens with one attached hydrogen (secondary N) is 2. The van der Waals surface area contributed by atoms with E-state index in [-0.39, 0.29) is 35.9 Å². The van der Waals surface area contributed by atoms with Crippen LogP contribution in [0.1, 0.15) is 31.2 Å². The number of hydrogen-bond donors (Lipinski definition) is 2. The average Bonchev–Trinajstić information content (AvgIpc) is 2.94. The summed E-state index contributed by atoms with van der Waals surface area (Å²) in [6, 6.07) is 3.86. The van der Waals surface area contributed by atoms with Gasteiger partial charge in [-0.15, -0.1) is 24.0 Å². The Labute approximate surface area is 163 Å². The van der Waals surface area contributed by atoms with E-state index in [1.807, 2.05) is 0 Å². The van der Waals surface area contributed by atoms with Crippen molar-refractivity contribution in [3.05, 3.63) is 35.4 Å². The Kier molecular flexibility index (Phi) is 5.53. The minimum absolute atomic E-state index is 0. The third kappa shape index (κ3) is 3.13. The Morgan fingerprint density at radius 1 is 1.36 bits per heavy atom. The summed E-state index contributed by atoms with van der Waals surface area (Å²) in [4.78, 5) is 4.25. The van der Waals surface area contributed by atoms with Crippen molar-refractivity contribution in [3.63, 3.8) is 0 Å². The molecule has 25 heavy (non-hydrogen) atoms. The van der Waals surface area contributed by atoms with Gasteiger partial charge in [0.25, 0.3) is 0 Å². The lowest BCUT2D eigenvalue weighted by atomic mass is 9.46. The van der Waals surface area contributed by atoms with Crippen molar-refractivity contribution in [2.75, 3.05) is 13.7 Å². The lowest BCUT2D eigenvalue weighted by Crippen LogP contribution is -2.72. The van der Waals surface area contributed by atoms with Crippen LogP contribution in [0.3, 0.4) is 0 Å². The van der Waals surface area contributed by atoms with E-state index in [2.05, 4.69) is 15.6 Å². The number of guanidine groups is 1. The van der Waals surface area contributed by atoms with Crippen molar-refractivity contribution in [3.8, 4) is 0 Å². The van der Waals surface area contributed by atoms with Crippen molar-refractivity contribution in [2.24, 2.45) is 16.3 Å². The topological polar surface area (TPSA) is 45.7 Å². The highest BCUT2D eigenvalue weighted by Crippen LogP contribution is 2.62. The van der Waals surface area contributed by atoms with Crippen LogP contribution in [-0.2, 0) is 11.3 Å². The number of fused-ring (bicyclic) bond motifs is 2. The standard InChI is InChI=1S/C18H23F2N3O.HI/c1-21-17(22-10-11-9-12(19)3-4-14(11)20)23-15-13-5-8-24-16(13)18(15)6-2-7-18;/h3-4,9,13,15-16H,2,5-8,10H2,1H3,(H2,21,22,23);1H.